The number of likely N-dealkylation sites (N-methyl/N-ethyl adjacent to an activating group) is 1. The van der Waals surface area contributed by atoms with Gasteiger partial charge in [0, 0.05) is 42.0 Å². The first-order chi connectivity index (χ1) is 13.2. The first-order valence-corrected chi connectivity index (χ1v) is 9.75. The molecule has 0 saturated carbocycles. The molecule has 0 bridgehead atoms. The van der Waals surface area contributed by atoms with Gasteiger partial charge in [-0.2, -0.15) is 10.1 Å². The zero-order valence-corrected chi connectivity index (χ0v) is 16.0. The fraction of sp³-hybridized carbons (Fsp3) is 0.450. The number of hydrogen-bond acceptors (Lipinski definition) is 6. The van der Waals surface area contributed by atoms with Crippen LogP contribution in [0.5, 0.6) is 0 Å². The minimum atomic E-state index is 0.516. The van der Waals surface area contributed by atoms with Gasteiger partial charge in [0.25, 0.3) is 0 Å². The standard InChI is InChI=1S/C20H27N7/c1-3-5-15-11-19(27-9-4-6-17(13-27)21-2)25-20(23-15)24-16-8-7-14-12-22-26-18(14)10-16/h7-8,10-12,17,21H,3-6,9,13H2,1-2H3,(H,22,26)(H,23,24,25)/t17-/m1/s1. The molecule has 1 atom stereocenters. The highest BCUT2D eigenvalue weighted by atomic mass is 15.2. The van der Waals surface area contributed by atoms with Crippen molar-refractivity contribution >= 4 is 28.4 Å². The summed E-state index contributed by atoms with van der Waals surface area (Å²) >= 11 is 0. The zero-order valence-electron chi connectivity index (χ0n) is 16.0. The molecule has 1 aromatic carbocycles. The van der Waals surface area contributed by atoms with E-state index >= 15 is 0 Å². The molecule has 1 fully saturated rings. The Morgan fingerprint density at radius 2 is 2.19 bits per heavy atom. The second-order valence-electron chi connectivity index (χ2n) is 7.16. The second-order valence-corrected chi connectivity index (χ2v) is 7.16. The van der Waals surface area contributed by atoms with Crippen LogP contribution in [0, 0.1) is 0 Å². The van der Waals surface area contributed by atoms with Gasteiger partial charge in [0.05, 0.1) is 11.7 Å². The molecule has 1 aliphatic rings. The first kappa shape index (κ1) is 17.7. The van der Waals surface area contributed by atoms with E-state index in [0.717, 1.165) is 54.0 Å². The van der Waals surface area contributed by atoms with Gasteiger partial charge in [-0.1, -0.05) is 13.3 Å². The minimum absolute atomic E-state index is 0.516. The summed E-state index contributed by atoms with van der Waals surface area (Å²) in [4.78, 5) is 11.9. The van der Waals surface area contributed by atoms with E-state index in [4.69, 9.17) is 9.97 Å². The van der Waals surface area contributed by atoms with Crippen molar-refractivity contribution < 1.29 is 0 Å². The third-order valence-corrected chi connectivity index (χ3v) is 5.12. The minimum Gasteiger partial charge on any atom is -0.355 e. The predicted molar refractivity (Wildman–Crippen MR) is 110 cm³/mol. The molecular weight excluding hydrogens is 338 g/mol. The lowest BCUT2D eigenvalue weighted by Gasteiger charge is -2.33. The van der Waals surface area contributed by atoms with Crippen LogP contribution < -0.4 is 15.5 Å². The number of aromatic amines is 1. The molecule has 142 valence electrons. The molecule has 7 nitrogen and oxygen atoms in total. The fourth-order valence-corrected chi connectivity index (χ4v) is 3.65. The summed E-state index contributed by atoms with van der Waals surface area (Å²) in [6.45, 7) is 4.21. The maximum absolute atomic E-state index is 4.82. The van der Waals surface area contributed by atoms with E-state index in [1.165, 1.54) is 12.8 Å². The van der Waals surface area contributed by atoms with Crippen LogP contribution in [0.25, 0.3) is 10.9 Å². The summed E-state index contributed by atoms with van der Waals surface area (Å²) in [6.07, 6.45) is 6.24. The number of hydrogen-bond donors (Lipinski definition) is 3. The fourth-order valence-electron chi connectivity index (χ4n) is 3.65. The number of nitrogens with one attached hydrogen (secondary N) is 3. The molecule has 3 heterocycles. The molecular formula is C20H27N7. The van der Waals surface area contributed by atoms with E-state index in [1.54, 1.807) is 0 Å². The molecule has 0 spiro atoms. The average molecular weight is 365 g/mol. The lowest BCUT2D eigenvalue weighted by molar-refractivity contribution is 0.447. The molecule has 0 aliphatic carbocycles. The van der Waals surface area contributed by atoms with Crippen molar-refractivity contribution in [3.05, 3.63) is 36.2 Å². The highest BCUT2D eigenvalue weighted by Crippen LogP contribution is 2.24. The van der Waals surface area contributed by atoms with Crippen LogP contribution in [0.3, 0.4) is 0 Å². The largest absolute Gasteiger partial charge is 0.355 e. The van der Waals surface area contributed by atoms with Crippen molar-refractivity contribution in [2.24, 2.45) is 0 Å². The molecule has 1 aliphatic heterocycles. The van der Waals surface area contributed by atoms with Gasteiger partial charge in [-0.25, -0.2) is 4.98 Å². The third kappa shape index (κ3) is 4.03. The number of benzene rings is 1. The molecule has 4 rings (SSSR count). The highest BCUT2D eigenvalue weighted by molar-refractivity contribution is 5.82. The zero-order chi connectivity index (χ0) is 18.6. The summed E-state index contributed by atoms with van der Waals surface area (Å²) in [5.74, 6) is 1.67. The van der Waals surface area contributed by atoms with Crippen LogP contribution in [0.4, 0.5) is 17.5 Å². The maximum Gasteiger partial charge on any atom is 0.229 e. The molecule has 2 aromatic heterocycles. The quantitative estimate of drug-likeness (QED) is 0.622. The maximum atomic E-state index is 4.82. The molecule has 3 N–H and O–H groups in total. The number of aromatic nitrogens is 4. The highest BCUT2D eigenvalue weighted by Gasteiger charge is 2.20. The van der Waals surface area contributed by atoms with Crippen LogP contribution in [-0.2, 0) is 6.42 Å². The van der Waals surface area contributed by atoms with Gasteiger partial charge in [-0.3, -0.25) is 5.10 Å². The first-order valence-electron chi connectivity index (χ1n) is 9.75. The van der Waals surface area contributed by atoms with E-state index in [1.807, 2.05) is 31.4 Å². The SMILES string of the molecule is CCCc1cc(N2CCC[C@@H](NC)C2)nc(Nc2ccc3cn[nH]c3c2)n1. The number of anilines is 3. The van der Waals surface area contributed by atoms with Crippen LogP contribution in [0.1, 0.15) is 31.9 Å². The van der Waals surface area contributed by atoms with Crippen molar-refractivity contribution in [1.82, 2.24) is 25.5 Å². The number of aryl methyl sites for hydroxylation is 1. The molecule has 27 heavy (non-hydrogen) atoms. The monoisotopic (exact) mass is 365 g/mol. The van der Waals surface area contributed by atoms with Gasteiger partial charge in [0.1, 0.15) is 5.82 Å². The van der Waals surface area contributed by atoms with Gasteiger partial charge >= 0.3 is 0 Å². The number of fused-ring (bicyclic) bond motifs is 1. The average Bonchev–Trinajstić information content (AvgIpc) is 3.16. The number of nitrogens with zero attached hydrogens (tertiary/aromatic N) is 4. The number of H-pyrrole nitrogens is 1. The van der Waals surface area contributed by atoms with Crippen molar-refractivity contribution in [3.8, 4) is 0 Å². The Kier molecular flexibility index (Phi) is 5.20. The van der Waals surface area contributed by atoms with Crippen molar-refractivity contribution in [2.45, 2.75) is 38.6 Å². The van der Waals surface area contributed by atoms with Crippen molar-refractivity contribution in [2.75, 3.05) is 30.4 Å². The van der Waals surface area contributed by atoms with E-state index in [2.05, 4.69) is 38.7 Å². The Hall–Kier alpha value is -2.67. The molecule has 0 radical (unpaired) electrons. The Morgan fingerprint density at radius 3 is 3.04 bits per heavy atom. The van der Waals surface area contributed by atoms with Gasteiger partial charge in [0.15, 0.2) is 0 Å². The van der Waals surface area contributed by atoms with E-state index in [-0.39, 0.29) is 0 Å². The summed E-state index contributed by atoms with van der Waals surface area (Å²) in [6, 6.07) is 8.77. The third-order valence-electron chi connectivity index (χ3n) is 5.12. The van der Waals surface area contributed by atoms with E-state index < -0.39 is 0 Å². The smallest absolute Gasteiger partial charge is 0.229 e. The summed E-state index contributed by atoms with van der Waals surface area (Å²) in [5.41, 5.74) is 3.04. The lowest BCUT2D eigenvalue weighted by atomic mass is 10.1. The predicted octanol–water partition coefficient (Wildman–Crippen LogP) is 3.24. The Balaban J connectivity index is 1.61. The van der Waals surface area contributed by atoms with Gasteiger partial charge in [-0.05, 0) is 44.5 Å². The number of rotatable bonds is 6. The summed E-state index contributed by atoms with van der Waals surface area (Å²) in [7, 11) is 2.04. The molecule has 1 saturated heterocycles. The van der Waals surface area contributed by atoms with Crippen LogP contribution >= 0.6 is 0 Å². The second kappa shape index (κ2) is 7.92. The van der Waals surface area contributed by atoms with Crippen molar-refractivity contribution in [1.29, 1.82) is 0 Å². The lowest BCUT2D eigenvalue weighted by Crippen LogP contribution is -2.44. The van der Waals surface area contributed by atoms with Crippen LogP contribution in [-0.4, -0.2) is 46.3 Å². The van der Waals surface area contributed by atoms with Crippen molar-refractivity contribution in [3.63, 3.8) is 0 Å². The van der Waals surface area contributed by atoms with Crippen LogP contribution in [0.15, 0.2) is 30.5 Å². The van der Waals surface area contributed by atoms with Gasteiger partial charge in [0.2, 0.25) is 5.95 Å². The van der Waals surface area contributed by atoms with Gasteiger partial charge in [-0.15, -0.1) is 0 Å². The van der Waals surface area contributed by atoms with E-state index in [0.29, 0.717) is 12.0 Å². The van der Waals surface area contributed by atoms with Crippen LogP contribution in [0.2, 0.25) is 0 Å². The number of piperidine rings is 1. The molecule has 0 amide bonds. The topological polar surface area (TPSA) is 81.8 Å². The molecule has 0 unspecified atom stereocenters. The summed E-state index contributed by atoms with van der Waals surface area (Å²) in [5, 5.41) is 15.0. The Labute approximate surface area is 159 Å². The molecule has 3 aromatic rings. The normalized spacial score (nSPS) is 17.4. The van der Waals surface area contributed by atoms with E-state index in [9.17, 15) is 0 Å². The Morgan fingerprint density at radius 1 is 1.26 bits per heavy atom. The summed E-state index contributed by atoms with van der Waals surface area (Å²) < 4.78 is 0. The Bertz CT molecular complexity index is 904. The molecule has 7 heteroatoms. The van der Waals surface area contributed by atoms with Gasteiger partial charge < -0.3 is 15.5 Å².